The minimum atomic E-state index is -0.456. The van der Waals surface area contributed by atoms with Crippen molar-refractivity contribution in [3.63, 3.8) is 0 Å². The molecule has 0 unspecified atom stereocenters. The molecule has 2 N–H and O–H groups in total. The number of unbranched alkanes of at least 4 members (excludes halogenated alkanes) is 1. The second-order valence-electron chi connectivity index (χ2n) is 3.85. The lowest BCUT2D eigenvalue weighted by Gasteiger charge is -2.04. The summed E-state index contributed by atoms with van der Waals surface area (Å²) in [5, 5.41) is 11.5. The number of hydrogen-bond acceptors (Lipinski definition) is 4. The van der Waals surface area contributed by atoms with Crippen molar-refractivity contribution < 1.29 is 4.39 Å². The number of aryl methyl sites for hydroxylation is 1. The largest absolute Gasteiger partial charge is 0.330 e. The molecule has 2 aromatic rings. The number of hydrogen-bond donors (Lipinski definition) is 1. The van der Waals surface area contributed by atoms with Gasteiger partial charge < -0.3 is 5.73 Å². The van der Waals surface area contributed by atoms with E-state index in [1.807, 2.05) is 0 Å². The Labute approximate surface area is 109 Å². The van der Waals surface area contributed by atoms with Gasteiger partial charge >= 0.3 is 0 Å². The summed E-state index contributed by atoms with van der Waals surface area (Å²) in [6.07, 6.45) is 1.80. The highest BCUT2D eigenvalue weighted by Crippen LogP contribution is 2.22. The Morgan fingerprint density at radius 2 is 2.17 bits per heavy atom. The van der Waals surface area contributed by atoms with Gasteiger partial charge in [0.05, 0.1) is 5.02 Å². The molecule has 0 fully saturated rings. The number of nitrogens with zero attached hydrogens (tertiary/aromatic N) is 4. The Bertz CT molecular complexity index is 528. The van der Waals surface area contributed by atoms with E-state index in [2.05, 4.69) is 15.5 Å². The molecule has 0 saturated heterocycles. The monoisotopic (exact) mass is 269 g/mol. The van der Waals surface area contributed by atoms with E-state index in [1.54, 1.807) is 10.7 Å². The van der Waals surface area contributed by atoms with Crippen LogP contribution in [0.5, 0.6) is 0 Å². The molecular formula is C11H13ClFN5. The van der Waals surface area contributed by atoms with Crippen LogP contribution in [0.25, 0.3) is 11.4 Å². The topological polar surface area (TPSA) is 69.6 Å². The maximum atomic E-state index is 13.1. The predicted molar refractivity (Wildman–Crippen MR) is 66.5 cm³/mol. The lowest BCUT2D eigenvalue weighted by Crippen LogP contribution is -2.06. The third-order valence-electron chi connectivity index (χ3n) is 2.53. The molecule has 0 aliphatic carbocycles. The summed E-state index contributed by atoms with van der Waals surface area (Å²) in [6.45, 7) is 1.31. The first-order valence-corrected chi connectivity index (χ1v) is 6.02. The van der Waals surface area contributed by atoms with E-state index in [0.29, 0.717) is 24.5 Å². The third kappa shape index (κ3) is 2.83. The smallest absolute Gasteiger partial charge is 0.182 e. The fourth-order valence-electron chi connectivity index (χ4n) is 1.60. The fourth-order valence-corrected chi connectivity index (χ4v) is 1.78. The quantitative estimate of drug-likeness (QED) is 0.842. The maximum absolute atomic E-state index is 13.1. The van der Waals surface area contributed by atoms with Crippen LogP contribution in [0.1, 0.15) is 12.8 Å². The van der Waals surface area contributed by atoms with Crippen molar-refractivity contribution in [2.24, 2.45) is 5.73 Å². The highest BCUT2D eigenvalue weighted by Gasteiger charge is 2.10. The first kappa shape index (κ1) is 12.9. The van der Waals surface area contributed by atoms with Crippen LogP contribution in [-0.2, 0) is 6.54 Å². The van der Waals surface area contributed by atoms with Crippen LogP contribution in [0.2, 0.25) is 5.02 Å². The van der Waals surface area contributed by atoms with Gasteiger partial charge in [-0.25, -0.2) is 9.07 Å². The lowest BCUT2D eigenvalue weighted by molar-refractivity contribution is 0.548. The van der Waals surface area contributed by atoms with Gasteiger partial charge in [-0.3, -0.25) is 0 Å². The van der Waals surface area contributed by atoms with Crippen LogP contribution >= 0.6 is 11.6 Å². The van der Waals surface area contributed by atoms with E-state index in [1.165, 1.54) is 12.1 Å². The fraction of sp³-hybridized carbons (Fsp3) is 0.364. The van der Waals surface area contributed by atoms with Gasteiger partial charge in [0.2, 0.25) is 0 Å². The summed E-state index contributed by atoms with van der Waals surface area (Å²) in [5.74, 6) is 0.122. The summed E-state index contributed by atoms with van der Waals surface area (Å²) in [7, 11) is 0. The Kier molecular flexibility index (Phi) is 4.22. The molecule has 2 rings (SSSR count). The van der Waals surface area contributed by atoms with Gasteiger partial charge in [-0.15, -0.1) is 5.10 Å². The number of nitrogens with two attached hydrogens (primary N) is 1. The molecule has 1 aromatic carbocycles. The Morgan fingerprint density at radius 3 is 2.89 bits per heavy atom. The second-order valence-corrected chi connectivity index (χ2v) is 4.26. The second kappa shape index (κ2) is 5.88. The summed E-state index contributed by atoms with van der Waals surface area (Å²) in [4.78, 5) is 0. The minimum Gasteiger partial charge on any atom is -0.330 e. The molecular weight excluding hydrogens is 257 g/mol. The summed E-state index contributed by atoms with van der Waals surface area (Å²) < 4.78 is 14.8. The zero-order valence-electron chi connectivity index (χ0n) is 9.68. The molecule has 0 atom stereocenters. The van der Waals surface area contributed by atoms with Crippen molar-refractivity contribution in [2.75, 3.05) is 6.54 Å². The Morgan fingerprint density at radius 1 is 1.33 bits per heavy atom. The normalized spacial score (nSPS) is 10.8. The first-order valence-electron chi connectivity index (χ1n) is 5.64. The van der Waals surface area contributed by atoms with Crippen LogP contribution in [-0.4, -0.2) is 26.8 Å². The van der Waals surface area contributed by atoms with Crippen LogP contribution in [0.3, 0.4) is 0 Å². The van der Waals surface area contributed by atoms with E-state index >= 15 is 0 Å². The number of halogens is 2. The number of rotatable bonds is 5. The molecule has 1 aromatic heterocycles. The molecule has 0 saturated carbocycles. The van der Waals surface area contributed by atoms with Crippen LogP contribution < -0.4 is 5.73 Å². The zero-order chi connectivity index (χ0) is 13.0. The average molecular weight is 270 g/mol. The molecule has 7 heteroatoms. The average Bonchev–Trinajstić information content (AvgIpc) is 2.81. The molecule has 96 valence electrons. The number of aromatic nitrogens is 4. The summed E-state index contributed by atoms with van der Waals surface area (Å²) >= 11 is 5.74. The van der Waals surface area contributed by atoms with Crippen molar-refractivity contribution in [1.29, 1.82) is 0 Å². The zero-order valence-corrected chi connectivity index (χ0v) is 10.4. The van der Waals surface area contributed by atoms with Crippen molar-refractivity contribution in [3.8, 4) is 11.4 Å². The van der Waals surface area contributed by atoms with Crippen LogP contribution in [0.4, 0.5) is 4.39 Å². The summed E-state index contributed by atoms with van der Waals surface area (Å²) in [5.41, 5.74) is 6.13. The summed E-state index contributed by atoms with van der Waals surface area (Å²) in [6, 6.07) is 4.42. The molecule has 18 heavy (non-hydrogen) atoms. The Balaban J connectivity index is 2.22. The van der Waals surface area contributed by atoms with Crippen molar-refractivity contribution in [2.45, 2.75) is 19.4 Å². The van der Waals surface area contributed by atoms with Gasteiger partial charge in [0.1, 0.15) is 5.82 Å². The molecule has 0 aliphatic rings. The number of benzene rings is 1. The minimum absolute atomic E-state index is 0.0593. The van der Waals surface area contributed by atoms with Gasteiger partial charge in [-0.1, -0.05) is 11.6 Å². The van der Waals surface area contributed by atoms with Gasteiger partial charge in [0.15, 0.2) is 5.82 Å². The van der Waals surface area contributed by atoms with E-state index in [9.17, 15) is 4.39 Å². The van der Waals surface area contributed by atoms with E-state index < -0.39 is 5.82 Å². The molecule has 0 radical (unpaired) electrons. The predicted octanol–water partition coefficient (Wildman–Crippen LogP) is 1.87. The van der Waals surface area contributed by atoms with Gasteiger partial charge in [0.25, 0.3) is 0 Å². The molecule has 0 spiro atoms. The van der Waals surface area contributed by atoms with Crippen LogP contribution in [0, 0.1) is 5.82 Å². The van der Waals surface area contributed by atoms with E-state index in [4.69, 9.17) is 17.3 Å². The standard InChI is InChI=1S/C11H13ClFN5/c12-9-7-8(3-4-10(9)13)11-15-16-17-18(11)6-2-1-5-14/h3-4,7H,1-2,5-6,14H2. The van der Waals surface area contributed by atoms with Crippen LogP contribution in [0.15, 0.2) is 18.2 Å². The van der Waals surface area contributed by atoms with Crippen molar-refractivity contribution in [3.05, 3.63) is 29.0 Å². The van der Waals surface area contributed by atoms with E-state index in [0.717, 1.165) is 12.8 Å². The molecule has 1 heterocycles. The van der Waals surface area contributed by atoms with E-state index in [-0.39, 0.29) is 5.02 Å². The van der Waals surface area contributed by atoms with Gasteiger partial charge in [0, 0.05) is 12.1 Å². The van der Waals surface area contributed by atoms with Crippen molar-refractivity contribution >= 4 is 11.6 Å². The molecule has 0 aliphatic heterocycles. The third-order valence-corrected chi connectivity index (χ3v) is 2.82. The first-order chi connectivity index (χ1) is 8.72. The number of tetrazole rings is 1. The van der Waals surface area contributed by atoms with Crippen molar-refractivity contribution in [1.82, 2.24) is 20.2 Å². The molecule has 0 bridgehead atoms. The van der Waals surface area contributed by atoms with Gasteiger partial charge in [-0.05, 0) is 48.0 Å². The maximum Gasteiger partial charge on any atom is 0.182 e. The highest BCUT2D eigenvalue weighted by atomic mass is 35.5. The SMILES string of the molecule is NCCCCn1nnnc1-c1ccc(F)c(Cl)c1. The van der Waals surface area contributed by atoms with Gasteiger partial charge in [-0.2, -0.15) is 0 Å². The molecule has 0 amide bonds. The molecule has 5 nitrogen and oxygen atoms in total. The lowest BCUT2D eigenvalue weighted by atomic mass is 10.2. The highest BCUT2D eigenvalue weighted by molar-refractivity contribution is 6.31. The Hall–Kier alpha value is -1.53.